The van der Waals surface area contributed by atoms with Crippen molar-refractivity contribution in [1.82, 2.24) is 4.90 Å². The molecule has 98 valence electrons. The third-order valence-electron chi connectivity index (χ3n) is 3.32. The number of hydrogen-bond acceptors (Lipinski definition) is 3. The van der Waals surface area contributed by atoms with E-state index in [-0.39, 0.29) is 11.9 Å². The highest BCUT2D eigenvalue weighted by molar-refractivity contribution is 5.80. The minimum atomic E-state index is -0.283. The van der Waals surface area contributed by atoms with Gasteiger partial charge in [0, 0.05) is 6.54 Å². The summed E-state index contributed by atoms with van der Waals surface area (Å²) in [5.74, 6) is -0.283. The highest BCUT2D eigenvalue weighted by Crippen LogP contribution is 2.09. The lowest BCUT2D eigenvalue weighted by atomic mass is 10.1. The van der Waals surface area contributed by atoms with Gasteiger partial charge in [0.2, 0.25) is 5.91 Å². The Hall–Kier alpha value is -1.39. The van der Waals surface area contributed by atoms with Gasteiger partial charge >= 0.3 is 0 Å². The highest BCUT2D eigenvalue weighted by Gasteiger charge is 2.26. The largest absolute Gasteiger partial charge is 0.378 e. The van der Waals surface area contributed by atoms with E-state index in [1.165, 1.54) is 5.56 Å². The summed E-state index contributed by atoms with van der Waals surface area (Å²) in [4.78, 5) is 13.4. The summed E-state index contributed by atoms with van der Waals surface area (Å²) in [5, 5.41) is 0. The molecule has 1 atom stereocenters. The molecule has 1 unspecified atom stereocenters. The second kappa shape index (κ2) is 6.52. The van der Waals surface area contributed by atoms with Crippen molar-refractivity contribution < 1.29 is 9.53 Å². The molecule has 1 fully saturated rings. The minimum Gasteiger partial charge on any atom is -0.378 e. The first-order chi connectivity index (χ1) is 8.77. The smallest absolute Gasteiger partial charge is 0.237 e. The average molecular weight is 248 g/mol. The molecular formula is C14H20N2O2. The van der Waals surface area contributed by atoms with E-state index in [2.05, 4.69) is 29.2 Å². The predicted octanol–water partition coefficient (Wildman–Crippen LogP) is 0.805. The number of morpholine rings is 1. The molecule has 0 aliphatic carbocycles. The minimum absolute atomic E-state index is 0.255. The predicted molar refractivity (Wildman–Crippen MR) is 70.1 cm³/mol. The quantitative estimate of drug-likeness (QED) is 0.838. The number of nitrogens with zero attached hydrogens (tertiary/aromatic N) is 1. The van der Waals surface area contributed by atoms with E-state index < -0.39 is 0 Å². The number of ether oxygens (including phenoxy) is 1. The maximum Gasteiger partial charge on any atom is 0.237 e. The first-order valence-electron chi connectivity index (χ1n) is 6.42. The summed E-state index contributed by atoms with van der Waals surface area (Å²) in [5.41, 5.74) is 6.71. The van der Waals surface area contributed by atoms with Crippen LogP contribution in [-0.2, 0) is 16.0 Å². The maximum atomic E-state index is 11.3. The van der Waals surface area contributed by atoms with Crippen molar-refractivity contribution in [2.24, 2.45) is 5.73 Å². The van der Waals surface area contributed by atoms with E-state index in [9.17, 15) is 4.79 Å². The Labute approximate surface area is 108 Å². The molecule has 0 aromatic heterocycles. The van der Waals surface area contributed by atoms with Crippen LogP contribution in [0, 0.1) is 0 Å². The number of carbonyl (C=O) groups is 1. The fourth-order valence-corrected chi connectivity index (χ4v) is 2.30. The second-order valence-electron chi connectivity index (χ2n) is 4.62. The Kier molecular flexibility index (Phi) is 4.73. The molecule has 4 nitrogen and oxygen atoms in total. The molecule has 0 radical (unpaired) electrons. The van der Waals surface area contributed by atoms with Gasteiger partial charge < -0.3 is 10.5 Å². The van der Waals surface area contributed by atoms with Crippen LogP contribution in [0.25, 0.3) is 0 Å². The Bertz CT molecular complexity index is 381. The van der Waals surface area contributed by atoms with E-state index in [0.717, 1.165) is 25.9 Å². The fraction of sp³-hybridized carbons (Fsp3) is 0.500. The molecular weight excluding hydrogens is 228 g/mol. The summed E-state index contributed by atoms with van der Waals surface area (Å²) in [6.07, 6.45) is 2.07. The number of benzene rings is 1. The van der Waals surface area contributed by atoms with Crippen LogP contribution in [0.5, 0.6) is 0 Å². The lowest BCUT2D eigenvalue weighted by Gasteiger charge is -2.33. The summed E-state index contributed by atoms with van der Waals surface area (Å²) in [6.45, 7) is 2.81. The fourth-order valence-electron chi connectivity index (χ4n) is 2.30. The summed E-state index contributed by atoms with van der Waals surface area (Å²) in [7, 11) is 0. The number of aryl methyl sites for hydroxylation is 1. The third kappa shape index (κ3) is 3.55. The van der Waals surface area contributed by atoms with Crippen LogP contribution in [-0.4, -0.2) is 43.2 Å². The molecule has 2 N–H and O–H groups in total. The molecule has 0 spiro atoms. The highest BCUT2D eigenvalue weighted by atomic mass is 16.5. The van der Waals surface area contributed by atoms with Crippen LogP contribution >= 0.6 is 0 Å². The SMILES string of the molecule is NC(=O)C1COCCN1CCCc1ccccc1. The van der Waals surface area contributed by atoms with Crippen molar-refractivity contribution in [1.29, 1.82) is 0 Å². The lowest BCUT2D eigenvalue weighted by Crippen LogP contribution is -2.52. The number of primary amides is 1. The van der Waals surface area contributed by atoms with Gasteiger partial charge in [-0.15, -0.1) is 0 Å². The Morgan fingerprint density at radius 3 is 2.89 bits per heavy atom. The van der Waals surface area contributed by atoms with Crippen LogP contribution in [0.4, 0.5) is 0 Å². The third-order valence-corrected chi connectivity index (χ3v) is 3.32. The van der Waals surface area contributed by atoms with Crippen molar-refractivity contribution >= 4 is 5.91 Å². The second-order valence-corrected chi connectivity index (χ2v) is 4.62. The summed E-state index contributed by atoms with van der Waals surface area (Å²) >= 11 is 0. The molecule has 1 heterocycles. The molecule has 1 saturated heterocycles. The van der Waals surface area contributed by atoms with Crippen LogP contribution < -0.4 is 5.73 Å². The maximum absolute atomic E-state index is 11.3. The van der Waals surface area contributed by atoms with E-state index in [1.807, 2.05) is 6.07 Å². The Morgan fingerprint density at radius 1 is 1.39 bits per heavy atom. The number of carbonyl (C=O) groups excluding carboxylic acids is 1. The first kappa shape index (κ1) is 13.1. The van der Waals surface area contributed by atoms with Crippen molar-refractivity contribution in [3.05, 3.63) is 35.9 Å². The van der Waals surface area contributed by atoms with E-state index in [0.29, 0.717) is 13.2 Å². The van der Waals surface area contributed by atoms with Gasteiger partial charge in [-0.1, -0.05) is 30.3 Å². The monoisotopic (exact) mass is 248 g/mol. The zero-order valence-corrected chi connectivity index (χ0v) is 10.5. The topological polar surface area (TPSA) is 55.6 Å². The van der Waals surface area contributed by atoms with Crippen molar-refractivity contribution in [2.75, 3.05) is 26.3 Å². The van der Waals surface area contributed by atoms with Gasteiger partial charge in [0.25, 0.3) is 0 Å². The van der Waals surface area contributed by atoms with Crippen LogP contribution in [0.3, 0.4) is 0 Å². The molecule has 1 aromatic carbocycles. The molecule has 4 heteroatoms. The zero-order valence-electron chi connectivity index (χ0n) is 10.5. The number of nitrogens with two attached hydrogens (primary N) is 1. The summed E-state index contributed by atoms with van der Waals surface area (Å²) < 4.78 is 5.30. The molecule has 1 aliphatic rings. The molecule has 1 aliphatic heterocycles. The van der Waals surface area contributed by atoms with Gasteiger partial charge in [-0.3, -0.25) is 9.69 Å². The molecule has 0 bridgehead atoms. The molecule has 0 saturated carbocycles. The number of hydrogen-bond donors (Lipinski definition) is 1. The first-order valence-corrected chi connectivity index (χ1v) is 6.42. The number of amides is 1. The van der Waals surface area contributed by atoms with Crippen molar-refractivity contribution in [3.8, 4) is 0 Å². The van der Waals surface area contributed by atoms with Gasteiger partial charge in [-0.05, 0) is 24.9 Å². The molecule has 1 amide bonds. The van der Waals surface area contributed by atoms with Crippen LogP contribution in [0.2, 0.25) is 0 Å². The van der Waals surface area contributed by atoms with Gasteiger partial charge in [-0.25, -0.2) is 0 Å². The molecule has 2 rings (SSSR count). The zero-order chi connectivity index (χ0) is 12.8. The van der Waals surface area contributed by atoms with E-state index >= 15 is 0 Å². The van der Waals surface area contributed by atoms with Crippen molar-refractivity contribution in [3.63, 3.8) is 0 Å². The summed E-state index contributed by atoms with van der Waals surface area (Å²) in [6, 6.07) is 10.1. The van der Waals surface area contributed by atoms with Gasteiger partial charge in [0.15, 0.2) is 0 Å². The van der Waals surface area contributed by atoms with Gasteiger partial charge in [0.05, 0.1) is 13.2 Å². The average Bonchev–Trinajstić information content (AvgIpc) is 2.40. The van der Waals surface area contributed by atoms with Gasteiger partial charge in [-0.2, -0.15) is 0 Å². The Balaban J connectivity index is 1.79. The number of rotatable bonds is 5. The van der Waals surface area contributed by atoms with E-state index in [4.69, 9.17) is 10.5 Å². The normalized spacial score (nSPS) is 20.8. The Morgan fingerprint density at radius 2 is 2.17 bits per heavy atom. The van der Waals surface area contributed by atoms with Gasteiger partial charge in [0.1, 0.15) is 6.04 Å². The standard InChI is InChI=1S/C14H20N2O2/c15-14(17)13-11-18-10-9-16(13)8-4-7-12-5-2-1-3-6-12/h1-3,5-6,13H,4,7-11H2,(H2,15,17). The lowest BCUT2D eigenvalue weighted by molar-refractivity contribution is -0.129. The van der Waals surface area contributed by atoms with E-state index in [1.54, 1.807) is 0 Å². The molecule has 1 aromatic rings. The van der Waals surface area contributed by atoms with Crippen molar-refractivity contribution in [2.45, 2.75) is 18.9 Å². The molecule has 18 heavy (non-hydrogen) atoms. The van der Waals surface area contributed by atoms with Crippen LogP contribution in [0.15, 0.2) is 30.3 Å². The van der Waals surface area contributed by atoms with Crippen LogP contribution in [0.1, 0.15) is 12.0 Å².